The lowest BCUT2D eigenvalue weighted by molar-refractivity contribution is -0.126. The fourth-order valence-corrected chi connectivity index (χ4v) is 10.5. The molecule has 0 bridgehead atoms. The third-order valence-corrected chi connectivity index (χ3v) is 15.0. The van der Waals surface area contributed by atoms with Gasteiger partial charge in [-0.15, -0.1) is 13.0 Å². The number of hydrogen-bond donors (Lipinski definition) is 4. The van der Waals surface area contributed by atoms with Crippen LogP contribution in [0.25, 0.3) is 33.3 Å². The number of allylic oxidation sites excluding steroid dienone is 2. The van der Waals surface area contributed by atoms with Gasteiger partial charge in [0.15, 0.2) is 0 Å². The smallest absolute Gasteiger partial charge is 0.223 e. The molecule has 4 atom stereocenters. The van der Waals surface area contributed by atoms with Gasteiger partial charge in [0, 0.05) is 60.0 Å². The number of rotatable bonds is 20. The van der Waals surface area contributed by atoms with Gasteiger partial charge >= 0.3 is 0 Å². The molecule has 2 aromatic carbocycles. The number of carbonyl (C=O) groups excluding carboxylic acids is 2. The van der Waals surface area contributed by atoms with Gasteiger partial charge < -0.3 is 26.1 Å². The van der Waals surface area contributed by atoms with Gasteiger partial charge in [0.05, 0.1) is 17.4 Å². The summed E-state index contributed by atoms with van der Waals surface area (Å²) in [6.07, 6.45) is 28.8. The molecule has 9 heteroatoms. The van der Waals surface area contributed by atoms with Crippen molar-refractivity contribution in [1.82, 2.24) is 25.3 Å². The van der Waals surface area contributed by atoms with Crippen LogP contribution in [-0.2, 0) is 29.0 Å². The van der Waals surface area contributed by atoms with Crippen molar-refractivity contribution in [1.29, 1.82) is 0 Å². The maximum Gasteiger partial charge on any atom is 0.223 e. The lowest BCUT2D eigenvalue weighted by Gasteiger charge is -2.40. The molecule has 9 nitrogen and oxygen atoms in total. The molecule has 2 fully saturated rings. The van der Waals surface area contributed by atoms with Crippen molar-refractivity contribution in [2.75, 3.05) is 20.6 Å². The summed E-state index contributed by atoms with van der Waals surface area (Å²) in [4.78, 5) is 24.9. The Hall–Kier alpha value is -5.27. The molecule has 1 saturated carbocycles. The number of nitrogens with one attached hydrogen (secondary N) is 2. The van der Waals surface area contributed by atoms with Crippen LogP contribution < -0.4 is 22.2 Å². The molecular weight excluding hydrogens is 1010 g/mol. The van der Waals surface area contributed by atoms with Crippen LogP contribution in [-0.4, -0.2) is 59.5 Å². The van der Waals surface area contributed by atoms with Crippen LogP contribution in [0.2, 0.25) is 0 Å². The predicted molar refractivity (Wildman–Crippen MR) is 363 cm³/mol. The van der Waals surface area contributed by atoms with E-state index in [-0.39, 0.29) is 34.7 Å². The molecule has 4 unspecified atom stereocenters. The van der Waals surface area contributed by atoms with Crippen LogP contribution in [0.4, 0.5) is 0 Å². The van der Waals surface area contributed by atoms with Gasteiger partial charge in [0.2, 0.25) is 5.91 Å². The summed E-state index contributed by atoms with van der Waals surface area (Å²) < 4.78 is 2.55. The summed E-state index contributed by atoms with van der Waals surface area (Å²) in [6.45, 7) is 50.4. The minimum atomic E-state index is -0.113. The van der Waals surface area contributed by atoms with E-state index in [9.17, 15) is 4.79 Å². The Morgan fingerprint density at radius 2 is 1.54 bits per heavy atom. The van der Waals surface area contributed by atoms with Gasteiger partial charge in [-0.3, -0.25) is 9.78 Å². The minimum Gasteiger partial charge on any atom is -0.401 e. The zero-order valence-corrected chi connectivity index (χ0v) is 55.9. The van der Waals surface area contributed by atoms with E-state index < -0.39 is 0 Å². The highest BCUT2D eigenvalue weighted by Gasteiger charge is 2.30. The number of nitrogens with two attached hydrogens (primary N) is 2. The fourth-order valence-electron chi connectivity index (χ4n) is 10.5. The first-order chi connectivity index (χ1) is 39.0. The molecule has 82 heavy (non-hydrogen) atoms. The molecule has 1 aliphatic carbocycles. The fraction of sp³-hybridized carbons (Fsp3) is 0.603. The zero-order chi connectivity index (χ0) is 63.0. The standard InChI is InChI=1S/C40H54N4.C13H26N2O.C6H12.C6H8.2C3H8.CH5N.CH2O/c1-9-12-21-39(5,6)28-35-34-26-32(31-17-13-16-30(25-31)27-40(7)22-15-24-43(8)42-40)19-20-36(34)44(11-3)38(35)33-18-14-23-41-37(33)29(4)10-2;1-6-8-11(7-2)13(16)15-12(9(3)4)10(5)14;1-6-4-2-3-5-6;1-4-6(3)5-2;2*1-3-2;2*1-2/h9,13-14,16-20,23,25-26,29,42H,1,10-12,15,21-22,24,27-28H2,2-8H3;9,11-12H,5-8,14H2,1-4H3,(H,15,16);6H,2-5H2,1H3;1H,3,5H2,2H3;2*3H2,1-2H3;2H2,1H3;1H2. The Morgan fingerprint density at radius 1 is 0.927 bits per heavy atom. The van der Waals surface area contributed by atoms with Crippen LogP contribution in [0.1, 0.15) is 230 Å². The van der Waals surface area contributed by atoms with E-state index in [2.05, 4.69) is 203 Å². The first-order valence-corrected chi connectivity index (χ1v) is 31.6. The van der Waals surface area contributed by atoms with E-state index in [4.69, 9.17) is 21.9 Å². The van der Waals surface area contributed by atoms with Crippen molar-refractivity contribution in [2.45, 2.75) is 244 Å². The molecule has 6 rings (SSSR count). The van der Waals surface area contributed by atoms with Crippen LogP contribution >= 0.6 is 0 Å². The number of nitrogens with zero attached hydrogens (tertiary/aromatic N) is 3. The molecule has 4 aromatic rings. The Bertz CT molecular complexity index is 2420. The van der Waals surface area contributed by atoms with Crippen molar-refractivity contribution in [3.05, 3.63) is 115 Å². The molecule has 462 valence electrons. The summed E-state index contributed by atoms with van der Waals surface area (Å²) >= 11 is 0. The second kappa shape index (κ2) is 44.3. The number of benzene rings is 2. The molecule has 1 amide bonds. The van der Waals surface area contributed by atoms with Gasteiger partial charge in [0.25, 0.3) is 0 Å². The summed E-state index contributed by atoms with van der Waals surface area (Å²) in [6, 6.07) is 20.7. The quantitative estimate of drug-likeness (QED) is 0.0512. The topological polar surface area (TPSA) is 131 Å². The number of pyridine rings is 1. The zero-order valence-electron chi connectivity index (χ0n) is 55.9. The Kier molecular flexibility index (Phi) is 42.5. The number of hydrazine groups is 1. The highest BCUT2D eigenvalue weighted by atomic mass is 16.2. The number of fused-ring (bicyclic) bond motifs is 1. The third-order valence-electron chi connectivity index (χ3n) is 15.0. The van der Waals surface area contributed by atoms with E-state index in [1.165, 1.54) is 109 Å². The van der Waals surface area contributed by atoms with Crippen LogP contribution in [0, 0.1) is 35.5 Å². The Balaban J connectivity index is 0. The third kappa shape index (κ3) is 28.3. The van der Waals surface area contributed by atoms with Gasteiger partial charge in [0.1, 0.15) is 6.79 Å². The second-order valence-corrected chi connectivity index (χ2v) is 23.9. The Morgan fingerprint density at radius 3 is 2.00 bits per heavy atom. The normalized spacial score (nSPS) is 15.7. The molecule has 1 aliphatic heterocycles. The lowest BCUT2D eigenvalue weighted by atomic mass is 9.80. The first kappa shape index (κ1) is 78.8. The van der Waals surface area contributed by atoms with Crippen LogP contribution in [0.3, 0.4) is 0 Å². The van der Waals surface area contributed by atoms with Gasteiger partial charge in [-0.05, 0) is 160 Å². The van der Waals surface area contributed by atoms with E-state index in [0.29, 0.717) is 11.6 Å². The molecule has 0 radical (unpaired) electrons. The van der Waals surface area contributed by atoms with Crippen molar-refractivity contribution in [3.8, 4) is 34.7 Å². The molecule has 1 saturated heterocycles. The van der Waals surface area contributed by atoms with Crippen molar-refractivity contribution >= 4 is 23.6 Å². The largest absolute Gasteiger partial charge is 0.401 e. The monoisotopic (exact) mass is 1130 g/mol. The minimum absolute atomic E-state index is 0.0874. The van der Waals surface area contributed by atoms with Gasteiger partial charge in [-0.2, -0.15) is 0 Å². The maximum atomic E-state index is 12.0. The summed E-state index contributed by atoms with van der Waals surface area (Å²) in [7, 11) is 3.66. The highest BCUT2D eigenvalue weighted by Crippen LogP contribution is 2.43. The number of aryl methyl sites for hydroxylation is 1. The number of hydrogen-bond acceptors (Lipinski definition) is 7. The van der Waals surface area contributed by atoms with E-state index >= 15 is 0 Å². The summed E-state index contributed by atoms with van der Waals surface area (Å²) in [5.41, 5.74) is 26.1. The predicted octanol–water partition coefficient (Wildman–Crippen LogP) is 18.4. The number of aromatic nitrogens is 2. The summed E-state index contributed by atoms with van der Waals surface area (Å²) in [5, 5.41) is 6.62. The van der Waals surface area contributed by atoms with E-state index in [1.807, 2.05) is 40.7 Å². The molecule has 6 N–H and O–H groups in total. The van der Waals surface area contributed by atoms with Crippen molar-refractivity contribution < 1.29 is 9.59 Å². The first-order valence-electron chi connectivity index (χ1n) is 31.6. The second-order valence-electron chi connectivity index (χ2n) is 23.9. The summed E-state index contributed by atoms with van der Waals surface area (Å²) in [5.74, 6) is 4.35. The average molecular weight is 1130 g/mol. The molecule has 2 aliphatic rings. The number of amides is 1. The Labute approximate surface area is 504 Å². The number of carbonyl (C=O) groups is 2. The lowest BCUT2D eigenvalue weighted by Crippen LogP contribution is -2.56. The van der Waals surface area contributed by atoms with Crippen LogP contribution in [0.15, 0.2) is 97.9 Å². The molecule has 3 heterocycles. The highest BCUT2D eigenvalue weighted by molar-refractivity contribution is 5.95. The van der Waals surface area contributed by atoms with Gasteiger partial charge in [-0.1, -0.05) is 197 Å². The maximum absolute atomic E-state index is 12.0. The van der Waals surface area contributed by atoms with E-state index in [0.717, 1.165) is 82.4 Å². The van der Waals surface area contributed by atoms with Crippen molar-refractivity contribution in [3.63, 3.8) is 0 Å². The van der Waals surface area contributed by atoms with E-state index in [1.54, 1.807) is 0 Å². The SMILES string of the molecule is C#CC(=C)CC.C=C(N)C(NC(=O)C(CC)CCC)C(C)C.C=CCCC(C)(C)Cc1c(-c2cccnc2C(C)CC)n(CC)c2ccc(-c3cccc(CC4(C)CCCN(C)N4)c3)cc12.C=O.CC1CCCC1.CCC.CCC.CN. The van der Waals surface area contributed by atoms with Crippen molar-refractivity contribution in [2.24, 2.45) is 34.6 Å². The molecule has 0 spiro atoms. The van der Waals surface area contributed by atoms with Gasteiger partial charge in [-0.25, -0.2) is 10.4 Å². The van der Waals surface area contributed by atoms with Crippen LogP contribution in [0.5, 0.6) is 0 Å². The average Bonchev–Trinajstić information content (AvgIpc) is 3.85. The molecule has 2 aromatic heterocycles. The number of terminal acetylenes is 1. The molecular formula is C73H123N7O2.